The zero-order chi connectivity index (χ0) is 16.1. The summed E-state index contributed by atoms with van der Waals surface area (Å²) in [5.74, 6) is 0. The van der Waals surface area contributed by atoms with Crippen LogP contribution in [0.25, 0.3) is 0 Å². The molecule has 0 aliphatic heterocycles. The second-order valence-corrected chi connectivity index (χ2v) is 9.72. The molecule has 0 spiro atoms. The maximum Gasteiger partial charge on any atom is 0.0906 e. The summed E-state index contributed by atoms with van der Waals surface area (Å²) in [4.78, 5) is 0. The van der Waals surface area contributed by atoms with Gasteiger partial charge < -0.3 is 5.11 Å². The fraction of sp³-hybridized carbons (Fsp3) is 0.700. The van der Waals surface area contributed by atoms with Gasteiger partial charge in [-0.05, 0) is 46.6 Å². The van der Waals surface area contributed by atoms with Crippen molar-refractivity contribution in [2.45, 2.75) is 78.7 Å². The lowest BCUT2D eigenvalue weighted by Gasteiger charge is -2.50. The minimum Gasteiger partial charge on any atom is -0.385 e. The van der Waals surface area contributed by atoms with Gasteiger partial charge in [-0.15, -0.1) is 0 Å². The third-order valence-electron chi connectivity index (χ3n) is 4.79. The van der Waals surface area contributed by atoms with Gasteiger partial charge in [-0.3, -0.25) is 0 Å². The molecule has 0 amide bonds. The highest BCUT2D eigenvalue weighted by Gasteiger charge is 2.47. The van der Waals surface area contributed by atoms with Crippen molar-refractivity contribution < 1.29 is 5.11 Å². The van der Waals surface area contributed by atoms with E-state index in [2.05, 4.69) is 72.7 Å². The van der Waals surface area contributed by atoms with Crippen LogP contribution in [0.5, 0.6) is 0 Å². The first-order valence-corrected chi connectivity index (χ1v) is 8.17. The van der Waals surface area contributed by atoms with Gasteiger partial charge >= 0.3 is 0 Å². The van der Waals surface area contributed by atoms with E-state index in [-0.39, 0.29) is 16.2 Å². The molecule has 2 rings (SSSR count). The summed E-state index contributed by atoms with van der Waals surface area (Å²) in [5.41, 5.74) is 2.23. The first-order valence-electron chi connectivity index (χ1n) is 8.17. The Bertz CT molecular complexity index is 484. The average Bonchev–Trinajstić information content (AvgIpc) is 2.23. The molecule has 0 bridgehead atoms. The Kier molecular flexibility index (Phi) is 3.82. The fourth-order valence-corrected chi connectivity index (χ4v) is 4.55. The van der Waals surface area contributed by atoms with Crippen LogP contribution in [0.15, 0.2) is 24.3 Å². The molecular formula is C20H32O. The summed E-state index contributed by atoms with van der Waals surface area (Å²) in [6, 6.07) is 8.64. The van der Waals surface area contributed by atoms with Crippen LogP contribution >= 0.6 is 0 Å². The largest absolute Gasteiger partial charge is 0.385 e. The van der Waals surface area contributed by atoms with E-state index < -0.39 is 5.60 Å². The number of hydrogen-bond donors (Lipinski definition) is 1. The smallest absolute Gasteiger partial charge is 0.0906 e. The minimum atomic E-state index is -0.693. The standard InChI is InChI=1S/C20H32O/c1-17(2,3)15-8-10-16(11-9-15)20(21)13-18(4,5)12-19(6,7)14-20/h8-11,21H,12-14H2,1-7H3. The van der Waals surface area contributed by atoms with Crippen LogP contribution in [0.4, 0.5) is 0 Å². The van der Waals surface area contributed by atoms with Gasteiger partial charge in [0.2, 0.25) is 0 Å². The van der Waals surface area contributed by atoms with Crippen molar-refractivity contribution in [1.82, 2.24) is 0 Å². The first-order chi connectivity index (χ1) is 9.33. The third-order valence-corrected chi connectivity index (χ3v) is 4.79. The number of rotatable bonds is 1. The Hall–Kier alpha value is -0.820. The van der Waals surface area contributed by atoms with Crippen LogP contribution in [-0.2, 0) is 11.0 Å². The Morgan fingerprint density at radius 3 is 1.62 bits per heavy atom. The Labute approximate surface area is 130 Å². The van der Waals surface area contributed by atoms with Crippen LogP contribution in [0.2, 0.25) is 0 Å². The molecule has 1 saturated carbocycles. The molecule has 0 heterocycles. The molecule has 1 heteroatoms. The van der Waals surface area contributed by atoms with Crippen molar-refractivity contribution in [3.63, 3.8) is 0 Å². The van der Waals surface area contributed by atoms with E-state index in [1.165, 1.54) is 12.0 Å². The SMILES string of the molecule is CC1(C)CC(C)(C)CC(O)(c2ccc(C(C)(C)C)cc2)C1. The average molecular weight is 288 g/mol. The normalized spacial score (nSPS) is 23.8. The number of aliphatic hydroxyl groups is 1. The summed E-state index contributed by atoms with van der Waals surface area (Å²) in [6.45, 7) is 15.8. The van der Waals surface area contributed by atoms with Gasteiger partial charge in [-0.1, -0.05) is 72.7 Å². The summed E-state index contributed by atoms with van der Waals surface area (Å²) >= 11 is 0. The van der Waals surface area contributed by atoms with Crippen LogP contribution in [0.3, 0.4) is 0 Å². The highest BCUT2D eigenvalue weighted by atomic mass is 16.3. The van der Waals surface area contributed by atoms with E-state index in [1.807, 2.05) is 0 Å². The monoisotopic (exact) mass is 288 g/mol. The molecule has 0 atom stereocenters. The summed E-state index contributed by atoms with van der Waals surface area (Å²) < 4.78 is 0. The van der Waals surface area contributed by atoms with Gasteiger partial charge in [-0.2, -0.15) is 0 Å². The molecule has 21 heavy (non-hydrogen) atoms. The van der Waals surface area contributed by atoms with Crippen molar-refractivity contribution >= 4 is 0 Å². The highest BCUT2D eigenvalue weighted by molar-refractivity contribution is 5.31. The van der Waals surface area contributed by atoms with Crippen LogP contribution in [-0.4, -0.2) is 5.11 Å². The van der Waals surface area contributed by atoms with Gasteiger partial charge in [0.15, 0.2) is 0 Å². The molecular weight excluding hydrogens is 256 g/mol. The molecule has 1 aromatic carbocycles. The van der Waals surface area contributed by atoms with Crippen molar-refractivity contribution in [1.29, 1.82) is 0 Å². The van der Waals surface area contributed by atoms with Gasteiger partial charge in [0, 0.05) is 0 Å². The Morgan fingerprint density at radius 2 is 1.24 bits per heavy atom. The lowest BCUT2D eigenvalue weighted by atomic mass is 9.58. The highest BCUT2D eigenvalue weighted by Crippen LogP contribution is 2.53. The molecule has 1 N–H and O–H groups in total. The van der Waals surface area contributed by atoms with Crippen LogP contribution < -0.4 is 0 Å². The van der Waals surface area contributed by atoms with Gasteiger partial charge in [-0.25, -0.2) is 0 Å². The van der Waals surface area contributed by atoms with Crippen molar-refractivity contribution in [2.75, 3.05) is 0 Å². The molecule has 0 aromatic heterocycles. The van der Waals surface area contributed by atoms with E-state index in [0.29, 0.717) is 0 Å². The second kappa shape index (κ2) is 4.84. The second-order valence-electron chi connectivity index (χ2n) is 9.72. The van der Waals surface area contributed by atoms with Crippen LogP contribution in [0, 0.1) is 10.8 Å². The topological polar surface area (TPSA) is 20.2 Å². The van der Waals surface area contributed by atoms with E-state index in [0.717, 1.165) is 18.4 Å². The van der Waals surface area contributed by atoms with Crippen molar-refractivity contribution in [2.24, 2.45) is 10.8 Å². The predicted molar refractivity (Wildman–Crippen MR) is 90.5 cm³/mol. The van der Waals surface area contributed by atoms with Gasteiger partial charge in [0.1, 0.15) is 0 Å². The minimum absolute atomic E-state index is 0.159. The summed E-state index contributed by atoms with van der Waals surface area (Å²) in [7, 11) is 0. The molecule has 0 saturated heterocycles. The summed E-state index contributed by atoms with van der Waals surface area (Å²) in [5, 5.41) is 11.3. The van der Waals surface area contributed by atoms with E-state index in [1.54, 1.807) is 0 Å². The molecule has 118 valence electrons. The van der Waals surface area contributed by atoms with E-state index in [9.17, 15) is 5.11 Å². The van der Waals surface area contributed by atoms with E-state index >= 15 is 0 Å². The van der Waals surface area contributed by atoms with E-state index in [4.69, 9.17) is 0 Å². The zero-order valence-corrected chi connectivity index (χ0v) is 14.9. The molecule has 0 unspecified atom stereocenters. The predicted octanol–water partition coefficient (Wildman–Crippen LogP) is 5.41. The van der Waals surface area contributed by atoms with Crippen molar-refractivity contribution in [3.8, 4) is 0 Å². The molecule has 1 aliphatic carbocycles. The third kappa shape index (κ3) is 3.69. The van der Waals surface area contributed by atoms with Gasteiger partial charge in [0.05, 0.1) is 5.60 Å². The molecule has 1 aliphatic rings. The quantitative estimate of drug-likeness (QED) is 0.732. The maximum atomic E-state index is 11.3. The van der Waals surface area contributed by atoms with Gasteiger partial charge in [0.25, 0.3) is 0 Å². The molecule has 1 aromatic rings. The van der Waals surface area contributed by atoms with Crippen LogP contribution in [0.1, 0.15) is 78.9 Å². The summed E-state index contributed by atoms with van der Waals surface area (Å²) in [6.07, 6.45) is 2.86. The number of benzene rings is 1. The maximum absolute atomic E-state index is 11.3. The first kappa shape index (κ1) is 16.5. The number of hydrogen-bond acceptors (Lipinski definition) is 1. The molecule has 1 nitrogen and oxygen atoms in total. The Balaban J connectivity index is 2.35. The molecule has 0 radical (unpaired) electrons. The fourth-order valence-electron chi connectivity index (χ4n) is 4.55. The lowest BCUT2D eigenvalue weighted by molar-refractivity contribution is -0.0913. The Morgan fingerprint density at radius 1 is 0.810 bits per heavy atom. The molecule has 1 fully saturated rings. The van der Waals surface area contributed by atoms with Crippen molar-refractivity contribution in [3.05, 3.63) is 35.4 Å². The lowest BCUT2D eigenvalue weighted by Crippen LogP contribution is -2.44. The zero-order valence-electron chi connectivity index (χ0n) is 14.9.